The first kappa shape index (κ1) is 18.1. The lowest BCUT2D eigenvalue weighted by Crippen LogP contribution is -2.27. The van der Waals surface area contributed by atoms with Gasteiger partial charge in [-0.2, -0.15) is 0 Å². The quantitative estimate of drug-likeness (QED) is 0.767. The van der Waals surface area contributed by atoms with E-state index in [1.807, 2.05) is 0 Å². The second-order valence-electron chi connectivity index (χ2n) is 8.21. The summed E-state index contributed by atoms with van der Waals surface area (Å²) in [5.41, 5.74) is 6.50. The molecule has 0 bridgehead atoms. The van der Waals surface area contributed by atoms with E-state index in [-0.39, 0.29) is 17.3 Å². The molecule has 1 aromatic heterocycles. The molecule has 3 rings (SSSR count). The number of hydrogen-bond acceptors (Lipinski definition) is 4. The Hall–Kier alpha value is -1.68. The number of nitrogens with zero attached hydrogens (tertiary/aromatic N) is 1. The Kier molecular flexibility index (Phi) is 5.01. The molecule has 136 valence electrons. The molecule has 25 heavy (non-hydrogen) atoms. The summed E-state index contributed by atoms with van der Waals surface area (Å²) >= 11 is 0. The van der Waals surface area contributed by atoms with Crippen LogP contribution in [0.25, 0.3) is 5.57 Å². The zero-order valence-electron chi connectivity index (χ0n) is 16.1. The fraction of sp³-hybridized carbons (Fsp3) is 0.619. The van der Waals surface area contributed by atoms with Crippen LogP contribution < -0.4 is 0 Å². The van der Waals surface area contributed by atoms with Gasteiger partial charge in [-0.15, -0.1) is 0 Å². The first-order chi connectivity index (χ1) is 11.8. The van der Waals surface area contributed by atoms with Crippen LogP contribution in [0.5, 0.6) is 0 Å². The van der Waals surface area contributed by atoms with Crippen molar-refractivity contribution in [1.82, 2.24) is 4.98 Å². The van der Waals surface area contributed by atoms with E-state index in [0.29, 0.717) is 18.8 Å². The maximum atomic E-state index is 12.7. The van der Waals surface area contributed by atoms with Gasteiger partial charge in [-0.25, -0.2) is 4.79 Å². The van der Waals surface area contributed by atoms with Crippen molar-refractivity contribution < 1.29 is 14.3 Å². The van der Waals surface area contributed by atoms with Crippen LogP contribution >= 0.6 is 0 Å². The van der Waals surface area contributed by atoms with Crippen LogP contribution in [0.15, 0.2) is 6.08 Å². The van der Waals surface area contributed by atoms with E-state index in [1.54, 1.807) is 0 Å². The van der Waals surface area contributed by atoms with Crippen molar-refractivity contribution >= 4 is 11.5 Å². The summed E-state index contributed by atoms with van der Waals surface area (Å²) in [4.78, 5) is 17.7. The Morgan fingerprint density at radius 3 is 2.68 bits per heavy atom. The molecule has 0 amide bonds. The minimum Gasteiger partial charge on any atom is -0.465 e. The molecule has 0 unspecified atom stereocenters. The normalized spacial score (nSPS) is 19.4. The minimum atomic E-state index is -0.272. The predicted molar refractivity (Wildman–Crippen MR) is 98.9 cm³/mol. The van der Waals surface area contributed by atoms with Crippen LogP contribution in [0.4, 0.5) is 0 Å². The molecule has 4 heteroatoms. The number of aromatic nitrogens is 1. The Morgan fingerprint density at radius 1 is 1.32 bits per heavy atom. The number of hydrogen-bond donors (Lipinski definition) is 0. The Balaban J connectivity index is 2.29. The lowest BCUT2D eigenvalue weighted by Gasteiger charge is -2.34. The van der Waals surface area contributed by atoms with E-state index in [4.69, 9.17) is 14.5 Å². The van der Waals surface area contributed by atoms with E-state index >= 15 is 0 Å². The molecule has 0 radical (unpaired) electrons. The van der Waals surface area contributed by atoms with Gasteiger partial charge in [0.25, 0.3) is 0 Å². The summed E-state index contributed by atoms with van der Waals surface area (Å²) in [5, 5.41) is 0. The van der Waals surface area contributed by atoms with Gasteiger partial charge < -0.3 is 9.47 Å². The molecular weight excluding hydrogens is 314 g/mol. The lowest BCUT2D eigenvalue weighted by molar-refractivity contribution is 0.0597. The van der Waals surface area contributed by atoms with E-state index in [9.17, 15) is 4.79 Å². The highest BCUT2D eigenvalue weighted by Crippen LogP contribution is 2.41. The molecule has 0 atom stereocenters. The smallest absolute Gasteiger partial charge is 0.340 e. The van der Waals surface area contributed by atoms with E-state index in [0.717, 1.165) is 42.6 Å². The van der Waals surface area contributed by atoms with Crippen molar-refractivity contribution in [3.05, 3.63) is 34.2 Å². The largest absolute Gasteiger partial charge is 0.465 e. The molecule has 1 aliphatic carbocycles. The summed E-state index contributed by atoms with van der Waals surface area (Å²) in [6, 6.07) is 0. The third kappa shape index (κ3) is 3.50. The first-order valence-corrected chi connectivity index (χ1v) is 9.25. The molecule has 0 saturated heterocycles. The van der Waals surface area contributed by atoms with E-state index < -0.39 is 0 Å². The van der Waals surface area contributed by atoms with Crippen molar-refractivity contribution in [3.63, 3.8) is 0 Å². The number of carbonyl (C=O) groups excluding carboxylic acids is 1. The minimum absolute atomic E-state index is 0.170. The molecule has 1 aliphatic heterocycles. The van der Waals surface area contributed by atoms with E-state index in [1.165, 1.54) is 18.2 Å². The highest BCUT2D eigenvalue weighted by molar-refractivity contribution is 5.97. The third-order valence-electron chi connectivity index (χ3n) is 5.33. The van der Waals surface area contributed by atoms with Crippen LogP contribution in [-0.4, -0.2) is 31.3 Å². The summed E-state index contributed by atoms with van der Waals surface area (Å²) in [6.07, 6.45) is 5.99. The average molecular weight is 343 g/mol. The van der Waals surface area contributed by atoms with Crippen molar-refractivity contribution in [2.75, 3.05) is 20.3 Å². The molecule has 2 heterocycles. The van der Waals surface area contributed by atoms with Gasteiger partial charge in [-0.3, -0.25) is 4.98 Å². The highest BCUT2D eigenvalue weighted by Gasteiger charge is 2.33. The standard InChI is InChI=1S/C21H29NO3/c1-13(2)19-18(20(23)24-5)17(14-7-10-25-11-8-14)15-6-9-21(3,4)12-16(15)22-19/h7,13H,6,8-12H2,1-5H3. The van der Waals surface area contributed by atoms with Crippen molar-refractivity contribution in [2.24, 2.45) is 5.41 Å². The second-order valence-corrected chi connectivity index (χ2v) is 8.21. The third-order valence-corrected chi connectivity index (χ3v) is 5.33. The Morgan fingerprint density at radius 2 is 2.08 bits per heavy atom. The average Bonchev–Trinajstić information content (AvgIpc) is 2.59. The number of rotatable bonds is 3. The van der Waals surface area contributed by atoms with Crippen LogP contribution in [0.3, 0.4) is 0 Å². The Bertz CT molecular complexity index is 716. The molecule has 0 spiro atoms. The molecule has 0 saturated carbocycles. The summed E-state index contributed by atoms with van der Waals surface area (Å²) < 4.78 is 10.6. The molecule has 0 aromatic carbocycles. The van der Waals surface area contributed by atoms with E-state index in [2.05, 4.69) is 33.8 Å². The van der Waals surface area contributed by atoms with Crippen LogP contribution in [0.1, 0.15) is 79.3 Å². The monoisotopic (exact) mass is 343 g/mol. The zero-order valence-corrected chi connectivity index (χ0v) is 16.1. The molecule has 1 aromatic rings. The van der Waals surface area contributed by atoms with Gasteiger partial charge in [-0.1, -0.05) is 33.8 Å². The second kappa shape index (κ2) is 6.91. The summed E-state index contributed by atoms with van der Waals surface area (Å²) in [7, 11) is 1.46. The highest BCUT2D eigenvalue weighted by atomic mass is 16.5. The van der Waals surface area contributed by atoms with Crippen molar-refractivity contribution in [2.45, 2.75) is 59.3 Å². The number of ether oxygens (including phenoxy) is 2. The maximum absolute atomic E-state index is 12.7. The lowest BCUT2D eigenvalue weighted by atomic mass is 9.73. The number of fused-ring (bicyclic) bond motifs is 1. The molecule has 2 aliphatic rings. The van der Waals surface area contributed by atoms with Crippen LogP contribution in [-0.2, 0) is 22.3 Å². The zero-order chi connectivity index (χ0) is 18.2. The number of carbonyl (C=O) groups is 1. The van der Waals surface area contributed by atoms with Gasteiger partial charge in [-0.05, 0) is 53.7 Å². The fourth-order valence-corrected chi connectivity index (χ4v) is 3.95. The van der Waals surface area contributed by atoms with Crippen LogP contribution in [0, 0.1) is 5.41 Å². The number of esters is 1. The topological polar surface area (TPSA) is 48.4 Å². The molecule has 4 nitrogen and oxygen atoms in total. The summed E-state index contributed by atoms with van der Waals surface area (Å²) in [6.45, 7) is 10.1. The predicted octanol–water partition coefficient (Wildman–Crippen LogP) is 4.31. The first-order valence-electron chi connectivity index (χ1n) is 9.25. The van der Waals surface area contributed by atoms with Gasteiger partial charge in [0.05, 0.1) is 31.6 Å². The Labute approximate surface area is 150 Å². The maximum Gasteiger partial charge on any atom is 0.340 e. The fourth-order valence-electron chi connectivity index (χ4n) is 3.95. The van der Waals surface area contributed by atoms with Gasteiger partial charge in [0.15, 0.2) is 0 Å². The SMILES string of the molecule is COC(=O)c1c(C(C)C)nc2c(c1C1=CCOCC1)CCC(C)(C)C2. The summed E-state index contributed by atoms with van der Waals surface area (Å²) in [5.74, 6) is -0.102. The van der Waals surface area contributed by atoms with Gasteiger partial charge in [0.1, 0.15) is 0 Å². The van der Waals surface area contributed by atoms with Crippen LogP contribution in [0.2, 0.25) is 0 Å². The van der Waals surface area contributed by atoms with Gasteiger partial charge >= 0.3 is 5.97 Å². The van der Waals surface area contributed by atoms with Gasteiger partial charge in [0.2, 0.25) is 0 Å². The van der Waals surface area contributed by atoms with Gasteiger partial charge in [0, 0.05) is 5.69 Å². The molecule has 0 N–H and O–H groups in total. The molecule has 0 fully saturated rings. The number of pyridine rings is 1. The van der Waals surface area contributed by atoms with Crippen molar-refractivity contribution in [3.8, 4) is 0 Å². The van der Waals surface area contributed by atoms with Crippen molar-refractivity contribution in [1.29, 1.82) is 0 Å². The number of methoxy groups -OCH3 is 1. The molecular formula is C21H29NO3.